The number of Topliss-reactive ketones (excluding diaryl/α,β-unsaturated/α-hetero) is 1. The number of hydrogen-bond acceptors (Lipinski definition) is 4. The summed E-state index contributed by atoms with van der Waals surface area (Å²) in [6.45, 7) is 3.10. The molecule has 0 amide bonds. The van der Waals surface area contributed by atoms with Crippen molar-refractivity contribution in [3.63, 3.8) is 0 Å². The Balaban J connectivity index is 2.97. The third-order valence-corrected chi connectivity index (χ3v) is 3.44. The van der Waals surface area contributed by atoms with Crippen LogP contribution in [0.4, 0.5) is 0 Å². The number of H-pyrrole nitrogens is 1. The summed E-state index contributed by atoms with van der Waals surface area (Å²) in [5.74, 6) is -0.108. The van der Waals surface area contributed by atoms with Gasteiger partial charge in [0.05, 0.1) is 6.04 Å². The van der Waals surface area contributed by atoms with Gasteiger partial charge in [-0.1, -0.05) is 0 Å². The van der Waals surface area contributed by atoms with Gasteiger partial charge in [-0.2, -0.15) is 0 Å². The van der Waals surface area contributed by atoms with E-state index in [0.29, 0.717) is 4.73 Å². The molecule has 0 bridgehead atoms. The van der Waals surface area contributed by atoms with Crippen molar-refractivity contribution in [3.05, 3.63) is 25.6 Å². The lowest BCUT2D eigenvalue weighted by Gasteiger charge is -2.11. The van der Waals surface area contributed by atoms with E-state index in [1.165, 1.54) is 23.1 Å². The van der Waals surface area contributed by atoms with Gasteiger partial charge in [-0.3, -0.25) is 19.1 Å². The lowest BCUT2D eigenvalue weighted by atomic mass is 10.2. The van der Waals surface area contributed by atoms with Crippen LogP contribution >= 0.6 is 15.9 Å². The third-order valence-electron chi connectivity index (χ3n) is 2.88. The van der Waals surface area contributed by atoms with Gasteiger partial charge in [-0.25, -0.2) is 9.78 Å². The molecule has 0 saturated heterocycles. The molecular weight excluding hydrogens is 304 g/mol. The minimum absolute atomic E-state index is 0.108. The van der Waals surface area contributed by atoms with Gasteiger partial charge in [0.2, 0.25) is 0 Å². The smallest absolute Gasteiger partial charge is 0.302 e. The summed E-state index contributed by atoms with van der Waals surface area (Å²) in [7, 11) is 1.50. The molecule has 0 aromatic carbocycles. The molecular formula is C10H11BrN4O3. The molecule has 2 aromatic rings. The first kappa shape index (κ1) is 12.7. The number of fused-ring (bicyclic) bond motifs is 1. The van der Waals surface area contributed by atoms with Crippen LogP contribution in [0.15, 0.2) is 14.3 Å². The lowest BCUT2D eigenvalue weighted by Crippen LogP contribution is -2.30. The van der Waals surface area contributed by atoms with Gasteiger partial charge in [0.1, 0.15) is 0 Å². The van der Waals surface area contributed by atoms with Crippen LogP contribution < -0.4 is 11.2 Å². The van der Waals surface area contributed by atoms with Gasteiger partial charge in [0.15, 0.2) is 21.7 Å². The number of carbonyl (C=O) groups excluding carboxylic acids is 1. The van der Waals surface area contributed by atoms with E-state index in [-0.39, 0.29) is 16.9 Å². The summed E-state index contributed by atoms with van der Waals surface area (Å²) < 4.78 is 3.03. The molecule has 0 aliphatic rings. The Morgan fingerprint density at radius 2 is 2.06 bits per heavy atom. The van der Waals surface area contributed by atoms with E-state index in [4.69, 9.17) is 0 Å². The zero-order chi connectivity index (χ0) is 13.6. The van der Waals surface area contributed by atoms with E-state index in [9.17, 15) is 14.4 Å². The van der Waals surface area contributed by atoms with Gasteiger partial charge in [0, 0.05) is 7.05 Å². The first-order chi connectivity index (χ1) is 8.34. The maximum absolute atomic E-state index is 11.9. The van der Waals surface area contributed by atoms with Crippen molar-refractivity contribution in [3.8, 4) is 0 Å². The Morgan fingerprint density at radius 3 is 2.61 bits per heavy atom. The largest absolute Gasteiger partial charge is 0.329 e. The Kier molecular flexibility index (Phi) is 2.97. The summed E-state index contributed by atoms with van der Waals surface area (Å²) in [6.07, 6.45) is 0. The molecule has 0 unspecified atom stereocenters. The Morgan fingerprint density at radius 1 is 1.44 bits per heavy atom. The molecule has 0 aliphatic heterocycles. The van der Waals surface area contributed by atoms with Crippen LogP contribution in [0.25, 0.3) is 11.2 Å². The number of nitrogens with one attached hydrogen (secondary N) is 1. The molecule has 2 heterocycles. The Labute approximate surface area is 110 Å². The van der Waals surface area contributed by atoms with Crippen LogP contribution in [-0.2, 0) is 11.8 Å². The second-order valence-electron chi connectivity index (χ2n) is 4.03. The van der Waals surface area contributed by atoms with Gasteiger partial charge < -0.3 is 4.57 Å². The second kappa shape index (κ2) is 4.20. The highest BCUT2D eigenvalue weighted by molar-refractivity contribution is 9.10. The highest BCUT2D eigenvalue weighted by Crippen LogP contribution is 2.21. The number of aromatic amines is 1. The standard InChI is InChI=1S/C10H11BrN4O3/c1-4(5(2)16)15-6-7(12-9(15)11)14(3)10(18)13-8(6)17/h4H,1-3H3,(H,13,17,18)/t4-/m1/s1. The Hall–Kier alpha value is -1.70. The summed E-state index contributed by atoms with van der Waals surface area (Å²) in [5, 5.41) is 0. The molecule has 8 heteroatoms. The number of nitrogens with zero attached hydrogens (tertiary/aromatic N) is 3. The summed E-state index contributed by atoms with van der Waals surface area (Å²) >= 11 is 3.20. The van der Waals surface area contributed by atoms with Crippen molar-refractivity contribution < 1.29 is 4.79 Å². The number of rotatable bonds is 2. The minimum Gasteiger partial charge on any atom is -0.302 e. The molecule has 18 heavy (non-hydrogen) atoms. The molecule has 2 rings (SSSR count). The fourth-order valence-corrected chi connectivity index (χ4v) is 2.36. The van der Waals surface area contributed by atoms with Crippen molar-refractivity contribution >= 4 is 32.9 Å². The van der Waals surface area contributed by atoms with Crippen LogP contribution in [0.2, 0.25) is 0 Å². The van der Waals surface area contributed by atoms with E-state index < -0.39 is 17.3 Å². The number of imidazole rings is 1. The molecule has 0 fully saturated rings. The summed E-state index contributed by atoms with van der Waals surface area (Å²) in [6, 6.07) is -0.539. The predicted octanol–water partition coefficient (Wildman–Crippen LogP) is 0.336. The van der Waals surface area contributed by atoms with Crippen molar-refractivity contribution in [2.75, 3.05) is 0 Å². The molecule has 7 nitrogen and oxygen atoms in total. The third kappa shape index (κ3) is 1.72. The second-order valence-corrected chi connectivity index (χ2v) is 4.74. The van der Waals surface area contributed by atoms with Crippen molar-refractivity contribution in [1.82, 2.24) is 19.1 Å². The van der Waals surface area contributed by atoms with Gasteiger partial charge >= 0.3 is 5.69 Å². The minimum atomic E-state index is -0.556. The molecule has 1 N–H and O–H groups in total. The van der Waals surface area contributed by atoms with Crippen LogP contribution in [0.1, 0.15) is 19.9 Å². The number of halogens is 1. The van der Waals surface area contributed by atoms with Crippen LogP contribution in [0.5, 0.6) is 0 Å². The van der Waals surface area contributed by atoms with E-state index in [1.54, 1.807) is 6.92 Å². The van der Waals surface area contributed by atoms with E-state index in [1.807, 2.05) is 0 Å². The first-order valence-corrected chi connectivity index (χ1v) is 6.01. The quantitative estimate of drug-likeness (QED) is 0.809. The SMILES string of the molecule is CC(=O)[C@@H](C)n1c(Br)nc2c1c(=O)[nH]c(=O)n2C. The van der Waals surface area contributed by atoms with Crippen molar-refractivity contribution in [2.45, 2.75) is 19.9 Å². The molecule has 1 atom stereocenters. The normalized spacial score (nSPS) is 12.9. The molecule has 0 spiro atoms. The lowest BCUT2D eigenvalue weighted by molar-refractivity contribution is -0.119. The first-order valence-electron chi connectivity index (χ1n) is 5.21. The molecule has 0 saturated carbocycles. The number of carbonyl (C=O) groups is 1. The van der Waals surface area contributed by atoms with Crippen molar-refractivity contribution in [2.24, 2.45) is 7.05 Å². The number of hydrogen-bond donors (Lipinski definition) is 1. The predicted molar refractivity (Wildman–Crippen MR) is 68.7 cm³/mol. The average molecular weight is 315 g/mol. The van der Waals surface area contributed by atoms with Gasteiger partial charge in [0.25, 0.3) is 5.56 Å². The highest BCUT2D eigenvalue weighted by atomic mass is 79.9. The van der Waals surface area contributed by atoms with Crippen LogP contribution in [0, 0.1) is 0 Å². The van der Waals surface area contributed by atoms with E-state index in [0.717, 1.165) is 0 Å². The van der Waals surface area contributed by atoms with E-state index >= 15 is 0 Å². The topological polar surface area (TPSA) is 89.8 Å². The van der Waals surface area contributed by atoms with Crippen LogP contribution in [-0.4, -0.2) is 24.9 Å². The van der Waals surface area contributed by atoms with Crippen LogP contribution in [0.3, 0.4) is 0 Å². The zero-order valence-electron chi connectivity index (χ0n) is 10.0. The van der Waals surface area contributed by atoms with Gasteiger partial charge in [-0.05, 0) is 29.8 Å². The molecule has 2 aromatic heterocycles. The number of aryl methyl sites for hydroxylation is 1. The van der Waals surface area contributed by atoms with Gasteiger partial charge in [-0.15, -0.1) is 0 Å². The number of ketones is 1. The highest BCUT2D eigenvalue weighted by Gasteiger charge is 2.21. The van der Waals surface area contributed by atoms with E-state index in [2.05, 4.69) is 25.9 Å². The summed E-state index contributed by atoms with van der Waals surface area (Å²) in [4.78, 5) is 41.1. The average Bonchev–Trinajstić information content (AvgIpc) is 2.63. The fourth-order valence-electron chi connectivity index (χ4n) is 1.71. The molecule has 0 aliphatic carbocycles. The fraction of sp³-hybridized carbons (Fsp3) is 0.400. The monoisotopic (exact) mass is 314 g/mol. The number of aromatic nitrogens is 4. The Bertz CT molecular complexity index is 755. The molecule has 96 valence electrons. The maximum atomic E-state index is 11.9. The maximum Gasteiger partial charge on any atom is 0.329 e. The summed E-state index contributed by atoms with van der Waals surface area (Å²) in [5.41, 5.74) is -0.657. The zero-order valence-corrected chi connectivity index (χ0v) is 11.6. The van der Waals surface area contributed by atoms with Crippen molar-refractivity contribution in [1.29, 1.82) is 0 Å². The molecule has 0 radical (unpaired) electrons.